The lowest BCUT2D eigenvalue weighted by molar-refractivity contribution is -0.775. The van der Waals surface area contributed by atoms with Gasteiger partial charge in [-0.3, -0.25) is 4.90 Å². The average molecular weight is 292 g/mol. The van der Waals surface area contributed by atoms with Crippen LogP contribution < -0.4 is 17.3 Å². The Morgan fingerprint density at radius 1 is 0.737 bits per heavy atom. The Morgan fingerprint density at radius 2 is 1.11 bits per heavy atom. The van der Waals surface area contributed by atoms with E-state index in [1.165, 1.54) is 64.2 Å². The van der Waals surface area contributed by atoms with Crippen molar-refractivity contribution in [1.82, 2.24) is 0 Å². The summed E-state index contributed by atoms with van der Waals surface area (Å²) in [5, 5.41) is 0. The Kier molecular flexibility index (Phi) is 17.8. The zero-order valence-electron chi connectivity index (χ0n) is 13.3. The maximum Gasteiger partial charge on any atom is 0.311 e. The van der Waals surface area contributed by atoms with Crippen LogP contribution in [0.1, 0.15) is 84.0 Å². The molecule has 0 heterocycles. The lowest BCUT2D eigenvalue weighted by atomic mass is 10.1. The molecule has 1 N–H and O–H groups in total. The number of quaternary nitrogens is 1. The van der Waals surface area contributed by atoms with Gasteiger partial charge in [0.25, 0.3) is 0 Å². The maximum atomic E-state index is 11.4. The molecule has 0 aliphatic rings. The third kappa shape index (κ3) is 15.9. The van der Waals surface area contributed by atoms with Crippen molar-refractivity contribution < 1.29 is 22.1 Å². The highest BCUT2D eigenvalue weighted by Gasteiger charge is 2.07. The Bertz CT molecular complexity index is 195. The molecule has 0 bridgehead atoms. The minimum absolute atomic E-state index is 0. The van der Waals surface area contributed by atoms with Crippen molar-refractivity contribution in [2.24, 2.45) is 0 Å². The molecule has 1 amide bonds. The van der Waals surface area contributed by atoms with Gasteiger partial charge in [-0.15, -0.1) is 0 Å². The van der Waals surface area contributed by atoms with Crippen LogP contribution in [0.25, 0.3) is 0 Å². The van der Waals surface area contributed by atoms with E-state index in [-0.39, 0.29) is 12.4 Å². The number of carbonyl (C=O) groups is 1. The number of hydrogen-bond acceptors (Lipinski definition) is 1. The molecule has 0 rings (SSSR count). The number of halogens is 1. The Morgan fingerprint density at radius 3 is 1.47 bits per heavy atom. The van der Waals surface area contributed by atoms with E-state index in [1.807, 2.05) is 14.1 Å². The largest absolute Gasteiger partial charge is 1.00 e. The van der Waals surface area contributed by atoms with Gasteiger partial charge in [-0.25, -0.2) is 4.79 Å². The fourth-order valence-corrected chi connectivity index (χ4v) is 2.20. The van der Waals surface area contributed by atoms with Crippen LogP contribution in [0.2, 0.25) is 0 Å². The normalized spacial score (nSPS) is 10.5. The number of rotatable bonds is 12. The third-order valence-corrected chi connectivity index (χ3v) is 3.57. The summed E-state index contributed by atoms with van der Waals surface area (Å²) in [5.74, 6) is 0.353. The van der Waals surface area contributed by atoms with Crippen molar-refractivity contribution in [2.45, 2.75) is 84.0 Å². The SMILES string of the molecule is CCCCCCCCCCCCCC(=O)[NH+](C)C.[Cl-]. The molecule has 0 atom stereocenters. The molecule has 19 heavy (non-hydrogen) atoms. The molecule has 0 aromatic rings. The molecule has 0 saturated carbocycles. The Hall–Kier alpha value is -0.0800. The van der Waals surface area contributed by atoms with Crippen LogP contribution in [-0.2, 0) is 4.79 Å². The second kappa shape index (κ2) is 16.0. The first kappa shape index (κ1) is 21.2. The number of carbonyl (C=O) groups excluding carboxylic acids is 1. The quantitative estimate of drug-likeness (QED) is 0.515. The van der Waals surface area contributed by atoms with E-state index in [0.29, 0.717) is 5.91 Å². The molecule has 116 valence electrons. The fraction of sp³-hybridized carbons (Fsp3) is 0.938. The summed E-state index contributed by atoms with van der Waals surface area (Å²) in [5.41, 5.74) is 0. The Balaban J connectivity index is 0. The molecule has 2 nitrogen and oxygen atoms in total. The highest BCUT2D eigenvalue weighted by atomic mass is 35.5. The van der Waals surface area contributed by atoms with Gasteiger partial charge in [0, 0.05) is 0 Å². The van der Waals surface area contributed by atoms with Gasteiger partial charge in [-0.05, 0) is 6.42 Å². The minimum atomic E-state index is 0. The van der Waals surface area contributed by atoms with Crippen LogP contribution in [0.5, 0.6) is 0 Å². The lowest BCUT2D eigenvalue weighted by Crippen LogP contribution is -3.08. The van der Waals surface area contributed by atoms with E-state index in [0.717, 1.165) is 17.7 Å². The zero-order valence-corrected chi connectivity index (χ0v) is 14.0. The minimum Gasteiger partial charge on any atom is -1.00 e. The molecular weight excluding hydrogens is 258 g/mol. The molecule has 0 aliphatic carbocycles. The van der Waals surface area contributed by atoms with Gasteiger partial charge in [-0.1, -0.05) is 71.1 Å². The van der Waals surface area contributed by atoms with Gasteiger partial charge in [-0.2, -0.15) is 0 Å². The first-order valence-corrected chi connectivity index (χ1v) is 8.01. The molecule has 3 heteroatoms. The summed E-state index contributed by atoms with van der Waals surface area (Å²) in [6, 6.07) is 0. The Labute approximate surface area is 126 Å². The smallest absolute Gasteiger partial charge is 0.311 e. The van der Waals surface area contributed by atoms with Crippen molar-refractivity contribution in [3.8, 4) is 0 Å². The predicted octanol–water partition coefficient (Wildman–Crippen LogP) is 0.363. The molecule has 0 fully saturated rings. The van der Waals surface area contributed by atoms with Crippen molar-refractivity contribution in [3.63, 3.8) is 0 Å². The average Bonchev–Trinajstić information content (AvgIpc) is 2.35. The van der Waals surface area contributed by atoms with Gasteiger partial charge in [0.15, 0.2) is 0 Å². The molecular formula is C16H34ClNO. The predicted molar refractivity (Wildman–Crippen MR) is 78.9 cm³/mol. The summed E-state index contributed by atoms with van der Waals surface area (Å²) in [6.07, 6.45) is 15.6. The van der Waals surface area contributed by atoms with Crippen LogP contribution in [0.4, 0.5) is 0 Å². The van der Waals surface area contributed by atoms with Gasteiger partial charge in [0.05, 0.1) is 20.5 Å². The molecule has 0 radical (unpaired) electrons. The monoisotopic (exact) mass is 291 g/mol. The fourth-order valence-electron chi connectivity index (χ4n) is 2.20. The third-order valence-electron chi connectivity index (χ3n) is 3.57. The second-order valence-corrected chi connectivity index (χ2v) is 5.71. The first-order chi connectivity index (χ1) is 8.68. The molecule has 0 saturated heterocycles. The van der Waals surface area contributed by atoms with E-state index in [9.17, 15) is 4.79 Å². The molecule has 0 aromatic heterocycles. The summed E-state index contributed by atoms with van der Waals surface area (Å²) in [6.45, 7) is 2.27. The highest BCUT2D eigenvalue weighted by Crippen LogP contribution is 2.11. The van der Waals surface area contributed by atoms with Crippen LogP contribution in [-0.4, -0.2) is 20.0 Å². The van der Waals surface area contributed by atoms with E-state index in [1.54, 1.807) is 0 Å². The van der Waals surface area contributed by atoms with Crippen molar-refractivity contribution in [1.29, 1.82) is 0 Å². The van der Waals surface area contributed by atoms with Crippen molar-refractivity contribution in [2.75, 3.05) is 14.1 Å². The number of nitrogens with one attached hydrogen (secondary N) is 1. The number of amides is 1. The lowest BCUT2D eigenvalue weighted by Gasteiger charge is -2.04. The topological polar surface area (TPSA) is 21.5 Å². The zero-order chi connectivity index (χ0) is 13.6. The van der Waals surface area contributed by atoms with E-state index < -0.39 is 0 Å². The van der Waals surface area contributed by atoms with E-state index in [4.69, 9.17) is 0 Å². The second-order valence-electron chi connectivity index (χ2n) is 5.71. The van der Waals surface area contributed by atoms with E-state index >= 15 is 0 Å². The van der Waals surface area contributed by atoms with Crippen LogP contribution >= 0.6 is 0 Å². The molecule has 0 aromatic carbocycles. The summed E-state index contributed by atoms with van der Waals surface area (Å²) >= 11 is 0. The molecule has 0 aliphatic heterocycles. The highest BCUT2D eigenvalue weighted by molar-refractivity contribution is 5.66. The van der Waals surface area contributed by atoms with Gasteiger partial charge in [0.1, 0.15) is 0 Å². The van der Waals surface area contributed by atoms with Gasteiger partial charge in [0.2, 0.25) is 0 Å². The van der Waals surface area contributed by atoms with Gasteiger partial charge < -0.3 is 12.4 Å². The number of unbranched alkanes of at least 4 members (excludes halogenated alkanes) is 10. The molecule has 0 spiro atoms. The standard InChI is InChI=1S/C16H33NO.ClH/c1-4-5-6-7-8-9-10-11-12-13-14-15-16(18)17(2)3;/h4-15H2,1-3H3;1H. The molecule has 0 unspecified atom stereocenters. The van der Waals surface area contributed by atoms with Crippen molar-refractivity contribution in [3.05, 3.63) is 0 Å². The first-order valence-electron chi connectivity index (χ1n) is 8.01. The summed E-state index contributed by atoms with van der Waals surface area (Å²) in [4.78, 5) is 12.3. The summed E-state index contributed by atoms with van der Waals surface area (Å²) < 4.78 is 0. The van der Waals surface area contributed by atoms with Crippen molar-refractivity contribution >= 4 is 5.91 Å². The number of hydrogen-bond donors (Lipinski definition) is 1. The maximum absolute atomic E-state index is 11.4. The van der Waals surface area contributed by atoms with Gasteiger partial charge >= 0.3 is 5.91 Å². The van der Waals surface area contributed by atoms with Crippen LogP contribution in [0.15, 0.2) is 0 Å². The van der Waals surface area contributed by atoms with E-state index in [2.05, 4.69) is 6.92 Å². The van der Waals surface area contributed by atoms with Crippen LogP contribution in [0, 0.1) is 0 Å². The summed E-state index contributed by atoms with van der Waals surface area (Å²) in [7, 11) is 3.84. The van der Waals surface area contributed by atoms with Crippen LogP contribution in [0.3, 0.4) is 0 Å².